The smallest absolute Gasteiger partial charge is 0.262 e. The van der Waals surface area contributed by atoms with E-state index in [1.54, 1.807) is 43.0 Å². The fourth-order valence-electron chi connectivity index (χ4n) is 5.33. The van der Waals surface area contributed by atoms with Gasteiger partial charge in [0.1, 0.15) is 6.04 Å². The van der Waals surface area contributed by atoms with E-state index in [1.165, 1.54) is 0 Å². The minimum Gasteiger partial charge on any atom is -0.352 e. The van der Waals surface area contributed by atoms with Crippen LogP contribution in [0.5, 0.6) is 0 Å². The summed E-state index contributed by atoms with van der Waals surface area (Å²) < 4.78 is 28.9. The molecule has 2 N–H and O–H groups in total. The first kappa shape index (κ1) is 24.3. The van der Waals surface area contributed by atoms with Gasteiger partial charge in [-0.2, -0.15) is 0 Å². The van der Waals surface area contributed by atoms with Crippen LogP contribution in [0.4, 0.5) is 5.69 Å². The lowest BCUT2D eigenvalue weighted by molar-refractivity contribution is -0.125. The van der Waals surface area contributed by atoms with Crippen LogP contribution in [0, 0.1) is 20.8 Å². The molecule has 1 heterocycles. The number of hydrogen-bond acceptors (Lipinski definition) is 4. The first-order chi connectivity index (χ1) is 16.2. The van der Waals surface area contributed by atoms with Crippen molar-refractivity contribution in [2.45, 2.75) is 76.3 Å². The number of rotatable bonds is 6. The molecule has 34 heavy (non-hydrogen) atoms. The Labute approximate surface area is 202 Å². The van der Waals surface area contributed by atoms with Gasteiger partial charge in [0.2, 0.25) is 5.91 Å². The molecule has 8 heteroatoms. The summed E-state index contributed by atoms with van der Waals surface area (Å²) >= 11 is 0. The summed E-state index contributed by atoms with van der Waals surface area (Å²) in [6.07, 6.45) is 5.66. The molecule has 2 aromatic rings. The molecule has 0 radical (unpaired) electrons. The molecule has 2 fully saturated rings. The van der Waals surface area contributed by atoms with Gasteiger partial charge < -0.3 is 10.2 Å². The van der Waals surface area contributed by atoms with Crippen LogP contribution in [0.3, 0.4) is 0 Å². The fourth-order valence-corrected chi connectivity index (χ4v) is 6.83. The lowest BCUT2D eigenvalue weighted by atomic mass is 10.1. The molecule has 2 aromatic carbocycles. The summed E-state index contributed by atoms with van der Waals surface area (Å²) in [6, 6.07) is 9.89. The minimum absolute atomic E-state index is 0.0834. The standard InChI is InChI=1S/C26H33N3O4S/c1-17-14-18(2)24(19(3)15-17)34(32,33)28-22-11-6-8-20(16-22)26(31)29-13-7-12-23(29)25(30)27-21-9-4-5-10-21/h6,8,11,14-16,21,23,28H,4-5,7,9-10,12-13H2,1-3H3,(H,27,30). The van der Waals surface area contributed by atoms with Gasteiger partial charge in [0.15, 0.2) is 0 Å². The van der Waals surface area contributed by atoms with E-state index in [0.29, 0.717) is 35.3 Å². The number of sulfonamides is 1. The van der Waals surface area contributed by atoms with E-state index in [1.807, 2.05) is 19.1 Å². The molecule has 1 aliphatic heterocycles. The van der Waals surface area contributed by atoms with Crippen LogP contribution in [-0.4, -0.2) is 43.8 Å². The Balaban J connectivity index is 1.51. The van der Waals surface area contributed by atoms with Gasteiger partial charge in [0.25, 0.3) is 15.9 Å². The molecule has 2 amide bonds. The molecule has 1 atom stereocenters. The van der Waals surface area contributed by atoms with Crippen LogP contribution < -0.4 is 10.0 Å². The van der Waals surface area contributed by atoms with Crippen molar-refractivity contribution < 1.29 is 18.0 Å². The van der Waals surface area contributed by atoms with E-state index in [9.17, 15) is 18.0 Å². The molecule has 1 saturated carbocycles. The van der Waals surface area contributed by atoms with Gasteiger partial charge >= 0.3 is 0 Å². The first-order valence-electron chi connectivity index (χ1n) is 12.0. The number of carbonyl (C=O) groups is 2. The molecule has 7 nitrogen and oxygen atoms in total. The summed E-state index contributed by atoms with van der Waals surface area (Å²) in [7, 11) is -3.83. The topological polar surface area (TPSA) is 95.6 Å². The van der Waals surface area contributed by atoms with Crippen molar-refractivity contribution >= 4 is 27.5 Å². The maximum atomic E-state index is 13.3. The average Bonchev–Trinajstić information content (AvgIpc) is 3.44. The summed E-state index contributed by atoms with van der Waals surface area (Å²) in [6.45, 7) is 6.00. The van der Waals surface area contributed by atoms with Gasteiger partial charge in [-0.25, -0.2) is 8.42 Å². The molecule has 0 bridgehead atoms. The maximum Gasteiger partial charge on any atom is 0.262 e. The van der Waals surface area contributed by atoms with Gasteiger partial charge in [-0.15, -0.1) is 0 Å². The summed E-state index contributed by atoms with van der Waals surface area (Å²) in [4.78, 5) is 28.0. The Bertz CT molecular complexity index is 1180. The predicted octanol–water partition coefficient (Wildman–Crippen LogP) is 4.08. The van der Waals surface area contributed by atoms with E-state index in [0.717, 1.165) is 37.7 Å². The van der Waals surface area contributed by atoms with Crippen LogP contribution in [0.15, 0.2) is 41.3 Å². The normalized spacial score (nSPS) is 18.8. The number of amides is 2. The van der Waals surface area contributed by atoms with Gasteiger partial charge in [-0.3, -0.25) is 14.3 Å². The Kier molecular flexibility index (Phi) is 6.98. The minimum atomic E-state index is -3.83. The zero-order valence-electron chi connectivity index (χ0n) is 20.1. The highest BCUT2D eigenvalue weighted by Crippen LogP contribution is 2.26. The van der Waals surface area contributed by atoms with E-state index in [4.69, 9.17) is 0 Å². The second-order valence-corrected chi connectivity index (χ2v) is 11.2. The molecule has 0 aromatic heterocycles. The lowest BCUT2D eigenvalue weighted by Gasteiger charge is -2.25. The summed E-state index contributed by atoms with van der Waals surface area (Å²) in [5.74, 6) is -0.340. The third-order valence-electron chi connectivity index (χ3n) is 6.75. The Hall–Kier alpha value is -2.87. The largest absolute Gasteiger partial charge is 0.352 e. The van der Waals surface area contributed by atoms with E-state index < -0.39 is 16.1 Å². The highest BCUT2D eigenvalue weighted by molar-refractivity contribution is 7.92. The van der Waals surface area contributed by atoms with E-state index >= 15 is 0 Å². The first-order valence-corrected chi connectivity index (χ1v) is 13.5. The Morgan fingerprint density at radius 1 is 0.941 bits per heavy atom. The van der Waals surface area contributed by atoms with Gasteiger partial charge in [0.05, 0.1) is 4.90 Å². The monoisotopic (exact) mass is 483 g/mol. The average molecular weight is 484 g/mol. The van der Waals surface area contributed by atoms with Crippen LogP contribution in [0.25, 0.3) is 0 Å². The number of aryl methyl sites for hydroxylation is 3. The van der Waals surface area contributed by atoms with Crippen molar-refractivity contribution in [1.82, 2.24) is 10.2 Å². The quantitative estimate of drug-likeness (QED) is 0.647. The predicted molar refractivity (Wildman–Crippen MR) is 132 cm³/mol. The van der Waals surface area contributed by atoms with Crippen LogP contribution in [0.2, 0.25) is 0 Å². The number of nitrogens with one attached hydrogen (secondary N) is 2. The zero-order valence-corrected chi connectivity index (χ0v) is 20.9. The third kappa shape index (κ3) is 5.12. The van der Waals surface area contributed by atoms with Crippen LogP contribution in [-0.2, 0) is 14.8 Å². The van der Waals surface area contributed by atoms with E-state index in [-0.39, 0.29) is 22.8 Å². The second-order valence-electron chi connectivity index (χ2n) is 9.56. The second kappa shape index (κ2) is 9.78. The zero-order chi connectivity index (χ0) is 24.5. The lowest BCUT2D eigenvalue weighted by Crippen LogP contribution is -2.48. The van der Waals surface area contributed by atoms with E-state index in [2.05, 4.69) is 10.0 Å². The van der Waals surface area contributed by atoms with Crippen molar-refractivity contribution in [3.8, 4) is 0 Å². The van der Waals surface area contributed by atoms with Crippen molar-refractivity contribution in [3.63, 3.8) is 0 Å². The molecular formula is C26H33N3O4S. The number of carbonyl (C=O) groups excluding carboxylic acids is 2. The van der Waals surface area contributed by atoms with Crippen LogP contribution in [0.1, 0.15) is 65.6 Å². The molecule has 1 unspecified atom stereocenters. The van der Waals surface area contributed by atoms with Crippen molar-refractivity contribution in [2.24, 2.45) is 0 Å². The Morgan fingerprint density at radius 3 is 2.29 bits per heavy atom. The van der Waals surface area contributed by atoms with Crippen molar-refractivity contribution in [3.05, 3.63) is 58.7 Å². The molecule has 1 aliphatic carbocycles. The van der Waals surface area contributed by atoms with Crippen LogP contribution >= 0.6 is 0 Å². The molecule has 4 rings (SSSR count). The highest BCUT2D eigenvalue weighted by atomic mass is 32.2. The highest BCUT2D eigenvalue weighted by Gasteiger charge is 2.35. The molecule has 2 aliphatic rings. The third-order valence-corrected chi connectivity index (χ3v) is 8.44. The summed E-state index contributed by atoms with van der Waals surface area (Å²) in [5.41, 5.74) is 3.02. The maximum absolute atomic E-state index is 13.3. The van der Waals surface area contributed by atoms with Gasteiger partial charge in [-0.1, -0.05) is 36.6 Å². The molecule has 182 valence electrons. The number of benzene rings is 2. The number of hydrogen-bond donors (Lipinski definition) is 2. The fraction of sp³-hybridized carbons (Fsp3) is 0.462. The molecule has 1 saturated heterocycles. The number of likely N-dealkylation sites (tertiary alicyclic amines) is 1. The number of anilines is 1. The molecular weight excluding hydrogens is 450 g/mol. The van der Waals surface area contributed by atoms with Gasteiger partial charge in [-0.05, 0) is 75.8 Å². The van der Waals surface area contributed by atoms with Gasteiger partial charge in [0, 0.05) is 23.8 Å². The van der Waals surface area contributed by atoms with Crippen molar-refractivity contribution in [2.75, 3.05) is 11.3 Å². The number of nitrogens with zero attached hydrogens (tertiary/aromatic N) is 1. The van der Waals surface area contributed by atoms with Crippen molar-refractivity contribution in [1.29, 1.82) is 0 Å². The Morgan fingerprint density at radius 2 is 1.62 bits per heavy atom. The SMILES string of the molecule is Cc1cc(C)c(S(=O)(=O)Nc2cccc(C(=O)N3CCCC3C(=O)NC3CCCC3)c2)c(C)c1. The molecule has 0 spiro atoms. The summed E-state index contributed by atoms with van der Waals surface area (Å²) in [5, 5.41) is 3.11.